The lowest BCUT2D eigenvalue weighted by Gasteiger charge is -2.26. The maximum atomic E-state index is 12.4. The van der Waals surface area contributed by atoms with Crippen molar-refractivity contribution in [1.82, 2.24) is 15.1 Å². The van der Waals surface area contributed by atoms with Gasteiger partial charge in [0.1, 0.15) is 0 Å². The number of hydrogen-bond donors (Lipinski definition) is 1. The molecule has 0 radical (unpaired) electrons. The second-order valence-corrected chi connectivity index (χ2v) is 6.89. The number of hydrogen-bond acceptors (Lipinski definition) is 4. The van der Waals surface area contributed by atoms with Crippen molar-refractivity contribution in [2.24, 2.45) is 5.92 Å². The molecule has 6 heteroatoms. The molecule has 2 saturated heterocycles. The number of morpholine rings is 1. The third-order valence-corrected chi connectivity index (χ3v) is 5.00. The summed E-state index contributed by atoms with van der Waals surface area (Å²) >= 11 is 0. The Morgan fingerprint density at radius 2 is 1.85 bits per heavy atom. The normalized spacial score (nSPS) is 20.8. The number of ether oxygens (including phenoxy) is 1. The molecule has 0 aromatic heterocycles. The molecule has 1 aromatic carbocycles. The van der Waals surface area contributed by atoms with E-state index in [1.165, 1.54) is 0 Å². The molecule has 3 rings (SSSR count). The van der Waals surface area contributed by atoms with Gasteiger partial charge < -0.3 is 15.0 Å². The van der Waals surface area contributed by atoms with Crippen LogP contribution >= 0.6 is 0 Å². The van der Waals surface area contributed by atoms with Gasteiger partial charge in [-0.15, -0.1) is 6.58 Å². The van der Waals surface area contributed by atoms with Crippen LogP contribution in [0.15, 0.2) is 36.9 Å². The molecule has 0 aliphatic carbocycles. The second kappa shape index (κ2) is 8.96. The Hall–Kier alpha value is -2.18. The first-order chi connectivity index (χ1) is 12.7. The van der Waals surface area contributed by atoms with E-state index in [9.17, 15) is 9.59 Å². The Bertz CT molecular complexity index is 638. The van der Waals surface area contributed by atoms with Crippen molar-refractivity contribution in [3.63, 3.8) is 0 Å². The first kappa shape index (κ1) is 18.6. The Labute approximate surface area is 154 Å². The Morgan fingerprint density at radius 3 is 2.54 bits per heavy atom. The number of nitrogens with one attached hydrogen (secondary N) is 1. The predicted molar refractivity (Wildman–Crippen MR) is 100 cm³/mol. The van der Waals surface area contributed by atoms with Gasteiger partial charge in [-0.1, -0.05) is 6.08 Å². The molecule has 2 amide bonds. The lowest BCUT2D eigenvalue weighted by atomic mass is 10.1. The van der Waals surface area contributed by atoms with Gasteiger partial charge in [0, 0.05) is 43.9 Å². The van der Waals surface area contributed by atoms with Crippen LogP contribution in [0.2, 0.25) is 0 Å². The number of rotatable bonds is 6. The van der Waals surface area contributed by atoms with E-state index in [4.69, 9.17) is 4.74 Å². The van der Waals surface area contributed by atoms with Gasteiger partial charge >= 0.3 is 0 Å². The van der Waals surface area contributed by atoms with Crippen LogP contribution in [0.25, 0.3) is 0 Å². The summed E-state index contributed by atoms with van der Waals surface area (Å²) in [6.07, 6.45) is 3.02. The van der Waals surface area contributed by atoms with Gasteiger partial charge in [-0.05, 0) is 43.1 Å². The molecule has 1 N–H and O–H groups in total. The number of likely N-dealkylation sites (tertiary alicyclic amines) is 1. The van der Waals surface area contributed by atoms with E-state index < -0.39 is 0 Å². The summed E-state index contributed by atoms with van der Waals surface area (Å²) in [5.41, 5.74) is 1.20. The number of carbonyl (C=O) groups is 2. The Kier molecular flexibility index (Phi) is 6.41. The van der Waals surface area contributed by atoms with Gasteiger partial charge in [0.2, 0.25) is 0 Å². The quantitative estimate of drug-likeness (QED) is 0.782. The van der Waals surface area contributed by atoms with E-state index in [0.717, 1.165) is 26.1 Å². The monoisotopic (exact) mass is 357 g/mol. The molecule has 2 aliphatic rings. The maximum absolute atomic E-state index is 12.4. The first-order valence-corrected chi connectivity index (χ1v) is 9.26. The smallest absolute Gasteiger partial charge is 0.254 e. The highest BCUT2D eigenvalue weighted by Crippen LogP contribution is 2.15. The molecule has 2 heterocycles. The fourth-order valence-electron chi connectivity index (χ4n) is 3.48. The van der Waals surface area contributed by atoms with E-state index in [1.54, 1.807) is 29.2 Å². The van der Waals surface area contributed by atoms with Gasteiger partial charge in [-0.25, -0.2) is 0 Å². The highest BCUT2D eigenvalue weighted by atomic mass is 16.5. The van der Waals surface area contributed by atoms with Crippen LogP contribution in [-0.2, 0) is 4.74 Å². The Morgan fingerprint density at radius 1 is 1.15 bits per heavy atom. The summed E-state index contributed by atoms with van der Waals surface area (Å²) in [6.45, 7) is 9.81. The minimum atomic E-state index is -0.0856. The SMILES string of the molecule is C=CCN1CC[C@@H](CNC(=O)c2ccc(C(=O)N3CCOCC3)cc2)C1. The minimum absolute atomic E-state index is 0.00600. The Balaban J connectivity index is 1.49. The van der Waals surface area contributed by atoms with Crippen molar-refractivity contribution >= 4 is 11.8 Å². The van der Waals surface area contributed by atoms with Crippen molar-refractivity contribution in [3.8, 4) is 0 Å². The standard InChI is InChI=1S/C20H27N3O3/c1-2-8-22-9-7-16(15-22)14-21-19(24)17-3-5-18(6-4-17)20(25)23-10-12-26-13-11-23/h2-6,16H,1,7-15H2,(H,21,24)/t16-/m0/s1. The largest absolute Gasteiger partial charge is 0.378 e. The van der Waals surface area contributed by atoms with Crippen molar-refractivity contribution in [3.05, 3.63) is 48.0 Å². The van der Waals surface area contributed by atoms with Crippen LogP contribution < -0.4 is 5.32 Å². The van der Waals surface area contributed by atoms with Gasteiger partial charge in [-0.2, -0.15) is 0 Å². The summed E-state index contributed by atoms with van der Waals surface area (Å²) in [7, 11) is 0. The van der Waals surface area contributed by atoms with E-state index in [2.05, 4.69) is 16.8 Å². The molecule has 0 bridgehead atoms. The molecule has 140 valence electrons. The lowest BCUT2D eigenvalue weighted by molar-refractivity contribution is 0.0303. The van der Waals surface area contributed by atoms with E-state index in [-0.39, 0.29) is 11.8 Å². The van der Waals surface area contributed by atoms with Gasteiger partial charge in [0.25, 0.3) is 11.8 Å². The summed E-state index contributed by atoms with van der Waals surface area (Å²) in [6, 6.07) is 6.91. The number of amides is 2. The molecule has 1 aromatic rings. The van der Waals surface area contributed by atoms with Gasteiger partial charge in [-0.3, -0.25) is 14.5 Å². The predicted octanol–water partition coefficient (Wildman–Crippen LogP) is 1.40. The van der Waals surface area contributed by atoms with Crippen LogP contribution in [0.5, 0.6) is 0 Å². The third-order valence-electron chi connectivity index (χ3n) is 5.00. The molecule has 6 nitrogen and oxygen atoms in total. The number of benzene rings is 1. The van der Waals surface area contributed by atoms with Crippen molar-refractivity contribution < 1.29 is 14.3 Å². The molecule has 0 spiro atoms. The third kappa shape index (κ3) is 4.71. The highest BCUT2D eigenvalue weighted by Gasteiger charge is 2.22. The summed E-state index contributed by atoms with van der Waals surface area (Å²) in [4.78, 5) is 28.9. The van der Waals surface area contributed by atoms with E-state index >= 15 is 0 Å². The molecular weight excluding hydrogens is 330 g/mol. The zero-order chi connectivity index (χ0) is 18.4. The molecule has 0 unspecified atom stereocenters. The molecule has 2 fully saturated rings. The van der Waals surface area contributed by atoms with Crippen LogP contribution in [0.4, 0.5) is 0 Å². The van der Waals surface area contributed by atoms with Crippen molar-refractivity contribution in [1.29, 1.82) is 0 Å². The number of carbonyl (C=O) groups excluding carboxylic acids is 2. The molecule has 2 aliphatic heterocycles. The molecule has 26 heavy (non-hydrogen) atoms. The van der Waals surface area contributed by atoms with E-state index in [0.29, 0.717) is 49.9 Å². The molecule has 1 atom stereocenters. The van der Waals surface area contributed by atoms with Crippen LogP contribution in [0.3, 0.4) is 0 Å². The van der Waals surface area contributed by atoms with Crippen LogP contribution in [0.1, 0.15) is 27.1 Å². The fraction of sp³-hybridized carbons (Fsp3) is 0.500. The second-order valence-electron chi connectivity index (χ2n) is 6.89. The van der Waals surface area contributed by atoms with Crippen molar-refractivity contribution in [2.75, 3.05) is 52.5 Å². The fourth-order valence-corrected chi connectivity index (χ4v) is 3.48. The van der Waals surface area contributed by atoms with Crippen LogP contribution in [0, 0.1) is 5.92 Å². The maximum Gasteiger partial charge on any atom is 0.254 e. The van der Waals surface area contributed by atoms with Gasteiger partial charge in [0.15, 0.2) is 0 Å². The summed E-state index contributed by atoms with van der Waals surface area (Å²) < 4.78 is 5.27. The molecule has 0 saturated carbocycles. The summed E-state index contributed by atoms with van der Waals surface area (Å²) in [5.74, 6) is 0.395. The van der Waals surface area contributed by atoms with Gasteiger partial charge in [0.05, 0.1) is 13.2 Å². The minimum Gasteiger partial charge on any atom is -0.378 e. The van der Waals surface area contributed by atoms with E-state index in [1.807, 2.05) is 6.08 Å². The lowest BCUT2D eigenvalue weighted by Crippen LogP contribution is -2.40. The number of nitrogens with zero attached hydrogens (tertiary/aromatic N) is 2. The first-order valence-electron chi connectivity index (χ1n) is 9.26. The topological polar surface area (TPSA) is 61.9 Å². The summed E-state index contributed by atoms with van der Waals surface area (Å²) in [5, 5.41) is 3.01. The average molecular weight is 357 g/mol. The van der Waals surface area contributed by atoms with Crippen LogP contribution in [-0.4, -0.2) is 74.1 Å². The molecular formula is C20H27N3O3. The zero-order valence-corrected chi connectivity index (χ0v) is 15.2. The zero-order valence-electron chi connectivity index (χ0n) is 15.2. The van der Waals surface area contributed by atoms with Crippen molar-refractivity contribution in [2.45, 2.75) is 6.42 Å². The average Bonchev–Trinajstić information content (AvgIpc) is 3.14. The highest BCUT2D eigenvalue weighted by molar-refractivity contribution is 5.97.